The van der Waals surface area contributed by atoms with Gasteiger partial charge in [0.2, 0.25) is 0 Å². The van der Waals surface area contributed by atoms with E-state index in [1.165, 1.54) is 0 Å². The Morgan fingerprint density at radius 1 is 1.05 bits per heavy atom. The molecule has 0 unspecified atom stereocenters. The second-order valence-corrected chi connectivity index (χ2v) is 12.5. The maximum Gasteiger partial charge on any atom is 0.338 e. The zero-order valence-corrected chi connectivity index (χ0v) is 25.7. The van der Waals surface area contributed by atoms with Crippen LogP contribution in [-0.2, 0) is 19.0 Å². The largest absolute Gasteiger partial charge is 0.460 e. The van der Waals surface area contributed by atoms with Gasteiger partial charge in [-0.1, -0.05) is 6.58 Å². The van der Waals surface area contributed by atoms with Crippen LogP contribution in [0, 0.1) is 12.8 Å². The average molecular weight is 578 g/mol. The van der Waals surface area contributed by atoms with Crippen LogP contribution >= 0.6 is 0 Å². The number of hydrogen-bond acceptors (Lipinski definition) is 8. The van der Waals surface area contributed by atoms with E-state index in [-0.39, 0.29) is 24.0 Å². The molecule has 0 amide bonds. The van der Waals surface area contributed by atoms with E-state index in [1.807, 2.05) is 64.8 Å². The van der Waals surface area contributed by atoms with Crippen molar-refractivity contribution in [2.75, 3.05) is 44.4 Å². The molecule has 10 nitrogen and oxygen atoms in total. The molecule has 2 saturated heterocycles. The normalized spacial score (nSPS) is 16.7. The number of aromatic nitrogens is 3. The summed E-state index contributed by atoms with van der Waals surface area (Å²) >= 11 is 0. The zero-order valence-electron chi connectivity index (χ0n) is 25.7. The lowest BCUT2D eigenvalue weighted by molar-refractivity contribution is -0.160. The highest BCUT2D eigenvalue weighted by Gasteiger charge is 2.30. The quantitative estimate of drug-likeness (QED) is 0.375. The molecule has 3 aromatic heterocycles. The number of fused-ring (bicyclic) bond motifs is 1. The minimum Gasteiger partial charge on any atom is -0.460 e. The molecule has 2 fully saturated rings. The highest BCUT2D eigenvalue weighted by Crippen LogP contribution is 2.32. The number of hydrogen-bond donors (Lipinski definition) is 0. The highest BCUT2D eigenvalue weighted by atomic mass is 16.6. The minimum absolute atomic E-state index is 0.0925. The summed E-state index contributed by atoms with van der Waals surface area (Å²) in [6, 6.07) is 3.96. The average Bonchev–Trinajstić information content (AvgIpc) is 3.59. The molecular formula is C32H43N5O5. The van der Waals surface area contributed by atoms with Gasteiger partial charge in [-0.05, 0) is 72.1 Å². The van der Waals surface area contributed by atoms with Crippen molar-refractivity contribution in [2.45, 2.75) is 66.1 Å². The van der Waals surface area contributed by atoms with Gasteiger partial charge in [-0.2, -0.15) is 9.89 Å². The van der Waals surface area contributed by atoms with Crippen molar-refractivity contribution in [1.82, 2.24) is 19.2 Å². The molecule has 0 aliphatic carbocycles. The van der Waals surface area contributed by atoms with Gasteiger partial charge in [0.15, 0.2) is 0 Å². The molecule has 0 N–H and O–H groups in total. The van der Waals surface area contributed by atoms with Crippen LogP contribution in [0.15, 0.2) is 37.3 Å². The third kappa shape index (κ3) is 6.33. The van der Waals surface area contributed by atoms with Crippen molar-refractivity contribution >= 4 is 23.2 Å². The molecule has 5 heterocycles. The Hall–Kier alpha value is -3.79. The second-order valence-electron chi connectivity index (χ2n) is 12.5. The predicted molar refractivity (Wildman–Crippen MR) is 162 cm³/mol. The van der Waals surface area contributed by atoms with Gasteiger partial charge in [-0.25, -0.2) is 4.79 Å². The summed E-state index contributed by atoms with van der Waals surface area (Å²) < 4.78 is 18.9. The van der Waals surface area contributed by atoms with Crippen molar-refractivity contribution in [3.8, 4) is 11.1 Å². The Balaban J connectivity index is 1.42. The van der Waals surface area contributed by atoms with Gasteiger partial charge in [0.1, 0.15) is 5.60 Å². The first-order valence-corrected chi connectivity index (χ1v) is 14.8. The molecule has 0 aromatic carbocycles. The molecule has 0 spiro atoms. The summed E-state index contributed by atoms with van der Waals surface area (Å²) in [7, 11) is 0. The van der Waals surface area contributed by atoms with E-state index in [1.54, 1.807) is 0 Å². The molecule has 226 valence electrons. The number of carbonyl (C=O) groups is 2. The summed E-state index contributed by atoms with van der Waals surface area (Å²) in [6.45, 7) is 20.0. The molecule has 0 radical (unpaired) electrons. The van der Waals surface area contributed by atoms with Gasteiger partial charge < -0.3 is 23.5 Å². The van der Waals surface area contributed by atoms with Crippen molar-refractivity contribution in [1.29, 1.82) is 0 Å². The van der Waals surface area contributed by atoms with Crippen LogP contribution in [0.25, 0.3) is 22.3 Å². The Labute approximate surface area is 247 Å². The molecule has 5 rings (SSSR count). The summed E-state index contributed by atoms with van der Waals surface area (Å²) in [5, 5.41) is 6.79. The van der Waals surface area contributed by atoms with E-state index in [2.05, 4.69) is 38.3 Å². The van der Waals surface area contributed by atoms with Crippen LogP contribution in [0.2, 0.25) is 0 Å². The van der Waals surface area contributed by atoms with E-state index in [9.17, 15) is 9.59 Å². The smallest absolute Gasteiger partial charge is 0.338 e. The monoisotopic (exact) mass is 577 g/mol. The van der Waals surface area contributed by atoms with E-state index < -0.39 is 5.60 Å². The Bertz CT molecular complexity index is 1470. The fraction of sp³-hybridized carbons (Fsp3) is 0.531. The minimum atomic E-state index is -0.478. The number of nitrogens with zero attached hydrogens (tertiary/aromatic N) is 5. The van der Waals surface area contributed by atoms with E-state index in [0.717, 1.165) is 59.5 Å². The molecule has 2 aliphatic rings. The predicted octanol–water partition coefficient (Wildman–Crippen LogP) is 4.67. The lowest BCUT2D eigenvalue weighted by Crippen LogP contribution is -2.44. The van der Waals surface area contributed by atoms with Crippen molar-refractivity contribution in [3.05, 3.63) is 54.1 Å². The van der Waals surface area contributed by atoms with Crippen LogP contribution in [-0.4, -0.2) is 82.2 Å². The van der Waals surface area contributed by atoms with Crippen LogP contribution in [0.4, 0.5) is 0 Å². The second kappa shape index (κ2) is 11.8. The Morgan fingerprint density at radius 2 is 1.74 bits per heavy atom. The number of rotatable bonds is 7. The Kier molecular flexibility index (Phi) is 8.37. The molecular weight excluding hydrogens is 534 g/mol. The van der Waals surface area contributed by atoms with Gasteiger partial charge in [-0.15, -0.1) is 0 Å². The fourth-order valence-corrected chi connectivity index (χ4v) is 5.64. The fourth-order valence-electron chi connectivity index (χ4n) is 5.64. The summed E-state index contributed by atoms with van der Waals surface area (Å²) in [5.74, 6) is -0.554. The lowest BCUT2D eigenvalue weighted by Gasteiger charge is -2.33. The van der Waals surface area contributed by atoms with Gasteiger partial charge in [0.25, 0.3) is 0 Å². The van der Waals surface area contributed by atoms with Crippen molar-refractivity contribution in [3.63, 3.8) is 0 Å². The number of morpholine rings is 1. The molecule has 3 aromatic rings. The van der Waals surface area contributed by atoms with Crippen LogP contribution in [0.5, 0.6) is 0 Å². The van der Waals surface area contributed by atoms with Gasteiger partial charge in [-0.3, -0.25) is 9.80 Å². The molecule has 2 aliphatic heterocycles. The maximum absolute atomic E-state index is 13.1. The molecule has 42 heavy (non-hydrogen) atoms. The molecule has 0 bridgehead atoms. The molecule has 0 saturated carbocycles. The number of pyridine rings is 1. The Morgan fingerprint density at radius 3 is 2.38 bits per heavy atom. The summed E-state index contributed by atoms with van der Waals surface area (Å²) in [4.78, 5) is 29.7. The lowest BCUT2D eigenvalue weighted by atomic mass is 9.97. The van der Waals surface area contributed by atoms with Gasteiger partial charge in [0.05, 0.1) is 54.6 Å². The number of carbonyl (C=O) groups excluding carboxylic acids is 2. The van der Waals surface area contributed by atoms with E-state index >= 15 is 0 Å². The van der Waals surface area contributed by atoms with Crippen molar-refractivity contribution < 1.29 is 23.8 Å². The van der Waals surface area contributed by atoms with Crippen LogP contribution < -0.4 is 5.01 Å². The van der Waals surface area contributed by atoms with E-state index in [4.69, 9.17) is 14.2 Å². The first kappa shape index (κ1) is 29.7. The van der Waals surface area contributed by atoms with Crippen LogP contribution in [0.1, 0.15) is 69.1 Å². The summed E-state index contributed by atoms with van der Waals surface area (Å²) in [6.07, 6.45) is 7.17. The third-order valence-electron chi connectivity index (χ3n) is 7.78. The maximum atomic E-state index is 13.1. The zero-order chi connectivity index (χ0) is 30.2. The number of esters is 2. The number of ether oxygens (including phenoxy) is 3. The SMILES string of the molecule is C=C(c1c(C)c(C(=O)OC(C)C)cc2cc(-c3cnn(N4CCC(C(=O)OC(C)(C)C)CC4)c3)cn12)N1CCOCC1. The van der Waals surface area contributed by atoms with Crippen LogP contribution in [0.3, 0.4) is 0 Å². The first-order chi connectivity index (χ1) is 19.9. The van der Waals surface area contributed by atoms with E-state index in [0.29, 0.717) is 31.9 Å². The first-order valence-electron chi connectivity index (χ1n) is 14.8. The topological polar surface area (TPSA) is 90.5 Å². The molecule has 10 heteroatoms. The molecule has 0 atom stereocenters. The number of piperidine rings is 1. The van der Waals surface area contributed by atoms with Gasteiger partial charge >= 0.3 is 11.9 Å². The van der Waals surface area contributed by atoms with Crippen molar-refractivity contribution in [2.24, 2.45) is 5.92 Å². The standard InChI is InChI=1S/C32H43N5O5/c1-21(2)41-31(39)28-17-27-16-25(19-36(27)29(22(28)3)23(4)34-12-14-40-15-13-34)26-18-33-37(20-26)35-10-8-24(9-11-35)30(38)42-32(5,6)7/h16-21,24H,4,8-15H2,1-3,5-7H3. The van der Waals surface area contributed by atoms with Gasteiger partial charge in [0, 0.05) is 49.0 Å². The third-order valence-corrected chi connectivity index (χ3v) is 7.78. The highest BCUT2D eigenvalue weighted by molar-refractivity contribution is 5.94. The summed E-state index contributed by atoms with van der Waals surface area (Å²) in [5.41, 5.74) is 5.44.